The topological polar surface area (TPSA) is 45.7 Å². The fourth-order valence-electron chi connectivity index (χ4n) is 5.01. The van der Waals surface area contributed by atoms with Crippen LogP contribution in [0.15, 0.2) is 48.5 Å². The van der Waals surface area contributed by atoms with Crippen molar-refractivity contribution >= 4 is 28.4 Å². The summed E-state index contributed by atoms with van der Waals surface area (Å²) in [7, 11) is 1.61. The van der Waals surface area contributed by atoms with E-state index in [1.807, 2.05) is 23.1 Å². The van der Waals surface area contributed by atoms with Crippen LogP contribution in [-0.2, 0) is 13.1 Å². The minimum Gasteiger partial charge on any atom is -0.495 e. The Morgan fingerprint density at radius 2 is 1.91 bits per heavy atom. The number of hydrogen-bond acceptors (Lipinski definition) is 4. The normalized spacial score (nSPS) is 17.2. The van der Waals surface area contributed by atoms with E-state index in [9.17, 15) is 4.79 Å². The summed E-state index contributed by atoms with van der Waals surface area (Å²) in [6, 6.07) is 16.2. The molecule has 0 bridgehead atoms. The molecule has 5 nitrogen and oxygen atoms in total. The van der Waals surface area contributed by atoms with Gasteiger partial charge in [0, 0.05) is 23.5 Å². The van der Waals surface area contributed by atoms with Crippen molar-refractivity contribution in [3.8, 4) is 5.75 Å². The number of fused-ring (bicyclic) bond motifs is 2. The second kappa shape index (κ2) is 9.08. The third kappa shape index (κ3) is 4.19. The SMILES string of the molecule is COc1c2c(nc3ccc(Cl)cc13)CN(CCC1CCN(Cc3ccccc3)CC1)C2=O. The molecule has 1 fully saturated rings. The summed E-state index contributed by atoms with van der Waals surface area (Å²) >= 11 is 6.17. The van der Waals surface area contributed by atoms with Gasteiger partial charge in [0.2, 0.25) is 0 Å². The number of rotatable bonds is 6. The lowest BCUT2D eigenvalue weighted by molar-refractivity contribution is 0.0754. The van der Waals surface area contributed by atoms with Gasteiger partial charge in [-0.1, -0.05) is 41.9 Å². The van der Waals surface area contributed by atoms with Crippen molar-refractivity contribution in [3.05, 3.63) is 70.4 Å². The zero-order chi connectivity index (χ0) is 22.1. The van der Waals surface area contributed by atoms with Gasteiger partial charge in [-0.2, -0.15) is 0 Å². The lowest BCUT2D eigenvalue weighted by Gasteiger charge is -2.32. The Morgan fingerprint density at radius 1 is 1.12 bits per heavy atom. The fourth-order valence-corrected chi connectivity index (χ4v) is 5.18. The van der Waals surface area contributed by atoms with E-state index in [-0.39, 0.29) is 5.91 Å². The number of halogens is 1. The predicted octanol–water partition coefficient (Wildman–Crippen LogP) is 5.15. The minimum absolute atomic E-state index is 0.0211. The standard InChI is InChI=1S/C26H28ClN3O2/c1-32-25-21-15-20(27)7-8-22(21)28-23-17-30(26(31)24(23)25)14-11-18-9-12-29(13-10-18)16-19-5-3-2-4-6-19/h2-8,15,18H,9-14,16-17H2,1H3. The molecule has 1 amide bonds. The van der Waals surface area contributed by atoms with Crippen molar-refractivity contribution in [1.82, 2.24) is 14.8 Å². The van der Waals surface area contributed by atoms with Gasteiger partial charge < -0.3 is 9.64 Å². The van der Waals surface area contributed by atoms with Gasteiger partial charge >= 0.3 is 0 Å². The molecule has 0 unspecified atom stereocenters. The third-order valence-electron chi connectivity index (χ3n) is 6.78. The minimum atomic E-state index is 0.0211. The number of carbonyl (C=O) groups excluding carboxylic acids is 1. The van der Waals surface area contributed by atoms with Gasteiger partial charge in [-0.05, 0) is 62.0 Å². The van der Waals surface area contributed by atoms with Crippen LogP contribution >= 0.6 is 11.6 Å². The van der Waals surface area contributed by atoms with Crippen LogP contribution in [0.1, 0.15) is 40.9 Å². The number of pyridine rings is 1. The molecule has 0 atom stereocenters. The molecule has 0 N–H and O–H groups in total. The van der Waals surface area contributed by atoms with Crippen LogP contribution in [0.25, 0.3) is 10.9 Å². The van der Waals surface area contributed by atoms with Crippen LogP contribution in [0, 0.1) is 5.92 Å². The van der Waals surface area contributed by atoms with Gasteiger partial charge in [0.25, 0.3) is 5.91 Å². The van der Waals surface area contributed by atoms with Crippen LogP contribution in [0.3, 0.4) is 0 Å². The molecular weight excluding hydrogens is 422 g/mol. The lowest BCUT2D eigenvalue weighted by Crippen LogP contribution is -2.35. The largest absolute Gasteiger partial charge is 0.495 e. The first-order chi connectivity index (χ1) is 15.6. The molecule has 2 aliphatic rings. The van der Waals surface area contributed by atoms with Crippen LogP contribution in [-0.4, -0.2) is 47.4 Å². The van der Waals surface area contributed by atoms with E-state index in [0.717, 1.165) is 49.2 Å². The maximum Gasteiger partial charge on any atom is 0.259 e. The maximum absolute atomic E-state index is 13.2. The Labute approximate surface area is 193 Å². The van der Waals surface area contributed by atoms with Crippen LogP contribution in [0.4, 0.5) is 0 Å². The molecule has 2 aliphatic heterocycles. The number of aromatic nitrogens is 1. The van der Waals surface area contributed by atoms with Crippen molar-refractivity contribution < 1.29 is 9.53 Å². The number of likely N-dealkylation sites (tertiary alicyclic amines) is 1. The molecule has 0 spiro atoms. The molecule has 5 rings (SSSR count). The van der Waals surface area contributed by atoms with Gasteiger partial charge in [0.1, 0.15) is 11.3 Å². The van der Waals surface area contributed by atoms with Crippen molar-refractivity contribution in [2.75, 3.05) is 26.7 Å². The van der Waals surface area contributed by atoms with Gasteiger partial charge in [-0.3, -0.25) is 9.69 Å². The Hall–Kier alpha value is -2.63. The first kappa shape index (κ1) is 21.2. The van der Waals surface area contributed by atoms with E-state index in [1.54, 1.807) is 7.11 Å². The second-order valence-electron chi connectivity index (χ2n) is 8.85. The van der Waals surface area contributed by atoms with E-state index in [0.29, 0.717) is 28.8 Å². The Bertz CT molecular complexity index is 1130. The van der Waals surface area contributed by atoms with Gasteiger partial charge in [0.05, 0.1) is 24.9 Å². The summed E-state index contributed by atoms with van der Waals surface area (Å²) in [6.45, 7) is 4.58. The van der Waals surface area contributed by atoms with Crippen molar-refractivity contribution in [2.24, 2.45) is 5.92 Å². The Morgan fingerprint density at radius 3 is 2.66 bits per heavy atom. The summed E-state index contributed by atoms with van der Waals surface area (Å²) in [5, 5.41) is 1.40. The van der Waals surface area contributed by atoms with Gasteiger partial charge in [0.15, 0.2) is 0 Å². The zero-order valence-corrected chi connectivity index (χ0v) is 19.1. The summed E-state index contributed by atoms with van der Waals surface area (Å²) in [4.78, 5) is 22.4. The van der Waals surface area contributed by atoms with Crippen LogP contribution < -0.4 is 4.74 Å². The summed E-state index contributed by atoms with van der Waals surface area (Å²) < 4.78 is 5.65. The van der Waals surface area contributed by atoms with E-state index < -0.39 is 0 Å². The smallest absolute Gasteiger partial charge is 0.259 e. The van der Waals surface area contributed by atoms with Crippen molar-refractivity contribution in [3.63, 3.8) is 0 Å². The number of amides is 1. The monoisotopic (exact) mass is 449 g/mol. The van der Waals surface area contributed by atoms with E-state index in [2.05, 4.69) is 35.2 Å². The molecule has 166 valence electrons. The number of ether oxygens (including phenoxy) is 1. The van der Waals surface area contributed by atoms with Gasteiger partial charge in [-0.15, -0.1) is 0 Å². The average molecular weight is 450 g/mol. The number of benzene rings is 2. The van der Waals surface area contributed by atoms with E-state index in [1.165, 1.54) is 18.4 Å². The molecule has 3 heterocycles. The highest BCUT2D eigenvalue weighted by molar-refractivity contribution is 6.31. The molecule has 0 saturated carbocycles. The molecule has 3 aromatic rings. The number of piperidine rings is 1. The number of hydrogen-bond donors (Lipinski definition) is 0. The lowest BCUT2D eigenvalue weighted by atomic mass is 9.93. The third-order valence-corrected chi connectivity index (χ3v) is 7.02. The highest BCUT2D eigenvalue weighted by Crippen LogP contribution is 2.37. The number of nitrogens with zero attached hydrogens (tertiary/aromatic N) is 3. The quantitative estimate of drug-likeness (QED) is 0.521. The predicted molar refractivity (Wildman–Crippen MR) is 127 cm³/mol. The first-order valence-corrected chi connectivity index (χ1v) is 11.7. The molecule has 0 radical (unpaired) electrons. The highest BCUT2D eigenvalue weighted by Gasteiger charge is 2.34. The van der Waals surface area contributed by atoms with E-state index >= 15 is 0 Å². The van der Waals surface area contributed by atoms with Gasteiger partial charge in [-0.25, -0.2) is 4.98 Å². The molecule has 1 aromatic heterocycles. The Balaban J connectivity index is 1.21. The summed E-state index contributed by atoms with van der Waals surface area (Å²) in [5.74, 6) is 1.27. The molecular formula is C26H28ClN3O2. The average Bonchev–Trinajstić information content (AvgIpc) is 3.13. The Kier molecular flexibility index (Phi) is 6.03. The summed E-state index contributed by atoms with van der Waals surface area (Å²) in [6.07, 6.45) is 3.41. The number of methoxy groups -OCH3 is 1. The molecule has 2 aromatic carbocycles. The van der Waals surface area contributed by atoms with Crippen molar-refractivity contribution in [2.45, 2.75) is 32.4 Å². The van der Waals surface area contributed by atoms with Crippen LogP contribution in [0.5, 0.6) is 5.75 Å². The summed E-state index contributed by atoms with van der Waals surface area (Å²) in [5.41, 5.74) is 3.59. The van der Waals surface area contributed by atoms with E-state index in [4.69, 9.17) is 21.3 Å². The van der Waals surface area contributed by atoms with Crippen LogP contribution in [0.2, 0.25) is 5.02 Å². The number of carbonyl (C=O) groups is 1. The fraction of sp³-hybridized carbons (Fsp3) is 0.385. The molecule has 32 heavy (non-hydrogen) atoms. The van der Waals surface area contributed by atoms with Crippen molar-refractivity contribution in [1.29, 1.82) is 0 Å². The zero-order valence-electron chi connectivity index (χ0n) is 18.4. The second-order valence-corrected chi connectivity index (χ2v) is 9.29. The first-order valence-electron chi connectivity index (χ1n) is 11.3. The highest BCUT2D eigenvalue weighted by atomic mass is 35.5. The molecule has 1 saturated heterocycles. The maximum atomic E-state index is 13.2. The molecule has 0 aliphatic carbocycles. The molecule has 6 heteroatoms.